The Labute approximate surface area is 185 Å². The third kappa shape index (κ3) is 4.54. The van der Waals surface area contributed by atoms with E-state index in [0.29, 0.717) is 10.4 Å². The Morgan fingerprint density at radius 2 is 1.83 bits per heavy atom. The normalized spacial score (nSPS) is 12.8. The van der Waals surface area contributed by atoms with Gasteiger partial charge >= 0.3 is 0 Å². The van der Waals surface area contributed by atoms with Crippen LogP contribution < -0.4 is 4.80 Å². The molecule has 3 aromatic rings. The van der Waals surface area contributed by atoms with E-state index in [1.54, 1.807) is 11.8 Å². The van der Waals surface area contributed by atoms with Crippen LogP contribution in [0.1, 0.15) is 21.5 Å². The standard InChI is InChI=1S/C21H25N3O3S3/c1-14-12-15(2)19-18(13-14)24(10-11-28-5)21(29-19)22-20(25)16-6-8-17(9-7-16)30(26,27)23(3)4/h6-9,12-13H,10-11H2,1-5H3. The van der Waals surface area contributed by atoms with Crippen LogP contribution in [0.15, 0.2) is 46.3 Å². The maximum atomic E-state index is 12.8. The molecule has 0 aliphatic heterocycles. The monoisotopic (exact) mass is 463 g/mol. The van der Waals surface area contributed by atoms with E-state index in [1.165, 1.54) is 60.8 Å². The zero-order valence-electron chi connectivity index (χ0n) is 17.7. The fourth-order valence-corrected chi connectivity index (χ4v) is 5.50. The van der Waals surface area contributed by atoms with Gasteiger partial charge in [0.05, 0.1) is 15.1 Å². The molecule has 160 valence electrons. The second-order valence-electron chi connectivity index (χ2n) is 7.19. The molecule has 0 spiro atoms. The van der Waals surface area contributed by atoms with E-state index in [0.717, 1.165) is 26.8 Å². The minimum Gasteiger partial charge on any atom is -0.315 e. The lowest BCUT2D eigenvalue weighted by Crippen LogP contribution is -2.22. The van der Waals surface area contributed by atoms with E-state index in [1.807, 2.05) is 0 Å². The van der Waals surface area contributed by atoms with E-state index < -0.39 is 10.0 Å². The number of thiazole rings is 1. The molecular formula is C21H25N3O3S3. The predicted molar refractivity (Wildman–Crippen MR) is 125 cm³/mol. The fourth-order valence-electron chi connectivity index (χ4n) is 3.13. The zero-order chi connectivity index (χ0) is 22.1. The van der Waals surface area contributed by atoms with Crippen LogP contribution in [0, 0.1) is 13.8 Å². The Balaban J connectivity index is 2.06. The number of sulfonamides is 1. The van der Waals surface area contributed by atoms with Gasteiger partial charge in [-0.3, -0.25) is 4.79 Å². The van der Waals surface area contributed by atoms with Gasteiger partial charge in [-0.25, -0.2) is 12.7 Å². The summed E-state index contributed by atoms with van der Waals surface area (Å²) in [4.78, 5) is 18.0. The summed E-state index contributed by atoms with van der Waals surface area (Å²) >= 11 is 3.25. The number of carbonyl (C=O) groups is 1. The van der Waals surface area contributed by atoms with Gasteiger partial charge in [-0.2, -0.15) is 16.8 Å². The number of nitrogens with zero attached hydrogens (tertiary/aromatic N) is 3. The van der Waals surface area contributed by atoms with Crippen molar-refractivity contribution >= 4 is 49.2 Å². The molecule has 6 nitrogen and oxygen atoms in total. The van der Waals surface area contributed by atoms with Gasteiger partial charge in [-0.1, -0.05) is 17.4 Å². The maximum absolute atomic E-state index is 12.8. The first-order valence-corrected chi connectivity index (χ1v) is 13.0. The van der Waals surface area contributed by atoms with Crippen LogP contribution in [0.4, 0.5) is 0 Å². The molecule has 30 heavy (non-hydrogen) atoms. The summed E-state index contributed by atoms with van der Waals surface area (Å²) in [5.41, 5.74) is 3.78. The average molecular weight is 464 g/mol. The smallest absolute Gasteiger partial charge is 0.279 e. The van der Waals surface area contributed by atoms with Crippen molar-refractivity contribution in [2.75, 3.05) is 26.1 Å². The molecule has 0 fully saturated rings. The number of thioether (sulfide) groups is 1. The van der Waals surface area contributed by atoms with Crippen molar-refractivity contribution in [3.8, 4) is 0 Å². The molecule has 3 rings (SSSR count). The van der Waals surface area contributed by atoms with Crippen LogP contribution in [0.2, 0.25) is 0 Å². The van der Waals surface area contributed by atoms with Crippen molar-refractivity contribution in [3.05, 3.63) is 57.9 Å². The molecule has 1 heterocycles. The van der Waals surface area contributed by atoms with Crippen LogP contribution in [-0.4, -0.2) is 49.3 Å². The SMILES string of the molecule is CSCCn1c(=NC(=O)c2ccc(S(=O)(=O)N(C)C)cc2)sc2c(C)cc(C)cc21. The molecule has 0 bridgehead atoms. The molecule has 0 saturated heterocycles. The molecule has 0 N–H and O–H groups in total. The van der Waals surface area contributed by atoms with Crippen molar-refractivity contribution < 1.29 is 13.2 Å². The second-order valence-corrected chi connectivity index (χ2v) is 11.3. The van der Waals surface area contributed by atoms with Crippen LogP contribution in [0.3, 0.4) is 0 Å². The van der Waals surface area contributed by atoms with E-state index in [2.05, 4.69) is 41.8 Å². The summed E-state index contributed by atoms with van der Waals surface area (Å²) in [6.07, 6.45) is 2.05. The molecule has 0 unspecified atom stereocenters. The number of aryl methyl sites for hydroxylation is 3. The Morgan fingerprint density at radius 3 is 2.43 bits per heavy atom. The summed E-state index contributed by atoms with van der Waals surface area (Å²) in [6, 6.07) is 10.2. The number of hydrogen-bond acceptors (Lipinski definition) is 5. The number of benzene rings is 2. The summed E-state index contributed by atoms with van der Waals surface area (Å²) in [5.74, 6) is 0.528. The Morgan fingerprint density at radius 1 is 1.17 bits per heavy atom. The summed E-state index contributed by atoms with van der Waals surface area (Å²) in [6.45, 7) is 4.89. The van der Waals surface area contributed by atoms with Gasteiger partial charge in [0, 0.05) is 32.0 Å². The van der Waals surface area contributed by atoms with Crippen molar-refractivity contribution in [2.24, 2.45) is 4.99 Å². The van der Waals surface area contributed by atoms with Crippen molar-refractivity contribution in [1.29, 1.82) is 0 Å². The minimum absolute atomic E-state index is 0.145. The first-order chi connectivity index (χ1) is 14.1. The Kier molecular flexibility index (Phi) is 6.86. The number of aromatic nitrogens is 1. The maximum Gasteiger partial charge on any atom is 0.279 e. The van der Waals surface area contributed by atoms with Gasteiger partial charge in [0.1, 0.15) is 0 Å². The first kappa shape index (κ1) is 22.7. The lowest BCUT2D eigenvalue weighted by Gasteiger charge is -2.11. The lowest BCUT2D eigenvalue weighted by atomic mass is 10.1. The molecule has 0 radical (unpaired) electrons. The first-order valence-electron chi connectivity index (χ1n) is 9.36. The zero-order valence-corrected chi connectivity index (χ0v) is 20.1. The molecular weight excluding hydrogens is 438 g/mol. The summed E-state index contributed by atoms with van der Waals surface area (Å²) in [5, 5.41) is 0. The lowest BCUT2D eigenvalue weighted by molar-refractivity contribution is 0.0997. The molecule has 0 aliphatic rings. The number of hydrogen-bond donors (Lipinski definition) is 0. The number of fused-ring (bicyclic) bond motifs is 1. The molecule has 0 aliphatic carbocycles. The Bertz CT molecular complexity index is 1250. The summed E-state index contributed by atoms with van der Waals surface area (Å²) in [7, 11) is -0.586. The van der Waals surface area contributed by atoms with Gasteiger partial charge in [0.25, 0.3) is 5.91 Å². The molecule has 1 aromatic heterocycles. The molecule has 9 heteroatoms. The average Bonchev–Trinajstić information content (AvgIpc) is 3.03. The van der Waals surface area contributed by atoms with Gasteiger partial charge in [-0.15, -0.1) is 0 Å². The van der Waals surface area contributed by atoms with Crippen LogP contribution in [-0.2, 0) is 16.6 Å². The quantitative estimate of drug-likeness (QED) is 0.559. The summed E-state index contributed by atoms with van der Waals surface area (Å²) < 4.78 is 28.8. The minimum atomic E-state index is -3.53. The highest BCUT2D eigenvalue weighted by Gasteiger charge is 2.18. The topological polar surface area (TPSA) is 71.7 Å². The highest BCUT2D eigenvalue weighted by atomic mass is 32.2. The predicted octanol–water partition coefficient (Wildman–Crippen LogP) is 3.67. The Hall–Kier alpha value is -1.94. The third-order valence-electron chi connectivity index (χ3n) is 4.71. The molecule has 1 amide bonds. The van der Waals surface area contributed by atoms with E-state index in [9.17, 15) is 13.2 Å². The van der Waals surface area contributed by atoms with E-state index in [-0.39, 0.29) is 10.8 Å². The van der Waals surface area contributed by atoms with Crippen LogP contribution in [0.25, 0.3) is 10.2 Å². The van der Waals surface area contributed by atoms with E-state index >= 15 is 0 Å². The molecule has 0 atom stereocenters. The van der Waals surface area contributed by atoms with Crippen molar-refractivity contribution in [2.45, 2.75) is 25.3 Å². The largest absolute Gasteiger partial charge is 0.315 e. The van der Waals surface area contributed by atoms with Gasteiger partial charge in [0.15, 0.2) is 4.80 Å². The fraction of sp³-hybridized carbons (Fsp3) is 0.333. The van der Waals surface area contributed by atoms with Gasteiger partial charge < -0.3 is 4.57 Å². The van der Waals surface area contributed by atoms with Crippen LogP contribution in [0.5, 0.6) is 0 Å². The highest BCUT2D eigenvalue weighted by Crippen LogP contribution is 2.24. The number of rotatable bonds is 6. The van der Waals surface area contributed by atoms with Crippen molar-refractivity contribution in [3.63, 3.8) is 0 Å². The number of carbonyl (C=O) groups excluding carboxylic acids is 1. The molecule has 2 aromatic carbocycles. The van der Waals surface area contributed by atoms with Crippen LogP contribution >= 0.6 is 23.1 Å². The number of amides is 1. The van der Waals surface area contributed by atoms with E-state index in [4.69, 9.17) is 0 Å². The second kappa shape index (κ2) is 9.05. The molecule has 0 saturated carbocycles. The highest BCUT2D eigenvalue weighted by molar-refractivity contribution is 7.98. The van der Waals surface area contributed by atoms with Gasteiger partial charge in [-0.05, 0) is 61.6 Å². The van der Waals surface area contributed by atoms with Gasteiger partial charge in [0.2, 0.25) is 10.0 Å². The van der Waals surface area contributed by atoms with Crippen molar-refractivity contribution in [1.82, 2.24) is 8.87 Å². The third-order valence-corrected chi connectivity index (χ3v) is 8.36.